The standard InChI is InChI=1S/C9H9FN4O/c1-5-7(10)9(15)13-8(12-5)6-3-4-11-14(6)2/h3-4H,1-2H3,(H,12,13,15). The van der Waals surface area contributed by atoms with E-state index < -0.39 is 11.4 Å². The van der Waals surface area contributed by atoms with E-state index in [2.05, 4.69) is 15.1 Å². The first-order valence-electron chi connectivity index (χ1n) is 4.34. The van der Waals surface area contributed by atoms with Gasteiger partial charge in [-0.25, -0.2) is 4.98 Å². The first-order valence-corrected chi connectivity index (χ1v) is 4.34. The summed E-state index contributed by atoms with van der Waals surface area (Å²) in [6, 6.07) is 1.69. The summed E-state index contributed by atoms with van der Waals surface area (Å²) in [7, 11) is 1.72. The maximum absolute atomic E-state index is 13.0. The van der Waals surface area contributed by atoms with Crippen LogP contribution >= 0.6 is 0 Å². The molecule has 2 rings (SSSR count). The van der Waals surface area contributed by atoms with E-state index in [-0.39, 0.29) is 5.69 Å². The fourth-order valence-corrected chi connectivity index (χ4v) is 1.30. The second-order valence-electron chi connectivity index (χ2n) is 3.15. The van der Waals surface area contributed by atoms with E-state index in [1.807, 2.05) is 0 Å². The molecule has 2 heterocycles. The van der Waals surface area contributed by atoms with Crippen molar-refractivity contribution in [3.8, 4) is 11.5 Å². The minimum absolute atomic E-state index is 0.0787. The van der Waals surface area contributed by atoms with Crippen LogP contribution in [0.5, 0.6) is 0 Å². The number of aromatic amines is 1. The topological polar surface area (TPSA) is 63.6 Å². The fourth-order valence-electron chi connectivity index (χ4n) is 1.30. The SMILES string of the molecule is Cc1nc(-c2ccnn2C)[nH]c(=O)c1F. The highest BCUT2D eigenvalue weighted by Gasteiger charge is 2.10. The van der Waals surface area contributed by atoms with Crippen molar-refractivity contribution in [1.82, 2.24) is 19.7 Å². The van der Waals surface area contributed by atoms with Crippen LogP contribution in [0.25, 0.3) is 11.5 Å². The number of halogens is 1. The largest absolute Gasteiger partial charge is 0.303 e. The van der Waals surface area contributed by atoms with Crippen LogP contribution in [0.15, 0.2) is 17.1 Å². The molecular formula is C9H9FN4O. The normalized spacial score (nSPS) is 10.6. The average molecular weight is 208 g/mol. The third-order valence-corrected chi connectivity index (χ3v) is 2.09. The van der Waals surface area contributed by atoms with Gasteiger partial charge in [-0.2, -0.15) is 9.49 Å². The Morgan fingerprint density at radius 2 is 2.27 bits per heavy atom. The lowest BCUT2D eigenvalue weighted by Crippen LogP contribution is -2.16. The van der Waals surface area contributed by atoms with Crippen molar-refractivity contribution < 1.29 is 4.39 Å². The summed E-state index contributed by atoms with van der Waals surface area (Å²) in [5.41, 5.74) is -0.0520. The molecular weight excluding hydrogens is 199 g/mol. The van der Waals surface area contributed by atoms with Gasteiger partial charge in [0.25, 0.3) is 5.56 Å². The van der Waals surface area contributed by atoms with Gasteiger partial charge in [0.05, 0.1) is 5.69 Å². The summed E-state index contributed by atoms with van der Waals surface area (Å²) in [6.07, 6.45) is 1.58. The molecule has 78 valence electrons. The van der Waals surface area contributed by atoms with E-state index in [1.54, 1.807) is 24.0 Å². The molecule has 0 saturated heterocycles. The number of hydrogen-bond donors (Lipinski definition) is 1. The third kappa shape index (κ3) is 1.54. The Labute approximate surface area is 84.6 Å². The number of hydrogen-bond acceptors (Lipinski definition) is 3. The van der Waals surface area contributed by atoms with Crippen molar-refractivity contribution >= 4 is 0 Å². The van der Waals surface area contributed by atoms with Crippen LogP contribution in [-0.4, -0.2) is 19.7 Å². The van der Waals surface area contributed by atoms with Gasteiger partial charge >= 0.3 is 0 Å². The molecule has 5 nitrogen and oxygen atoms in total. The first-order chi connectivity index (χ1) is 7.09. The Bertz CT molecular complexity index is 557. The van der Waals surface area contributed by atoms with Crippen LogP contribution in [0.3, 0.4) is 0 Å². The number of aryl methyl sites for hydroxylation is 2. The lowest BCUT2D eigenvalue weighted by atomic mass is 10.3. The summed E-state index contributed by atoms with van der Waals surface area (Å²) in [6.45, 7) is 1.45. The van der Waals surface area contributed by atoms with Gasteiger partial charge in [0.1, 0.15) is 5.69 Å². The Morgan fingerprint density at radius 1 is 1.53 bits per heavy atom. The van der Waals surface area contributed by atoms with E-state index in [1.165, 1.54) is 6.92 Å². The molecule has 0 amide bonds. The molecule has 1 N–H and O–H groups in total. The predicted octanol–water partition coefficient (Wildman–Crippen LogP) is 0.618. The van der Waals surface area contributed by atoms with Crippen molar-refractivity contribution in [3.05, 3.63) is 34.1 Å². The van der Waals surface area contributed by atoms with Crippen molar-refractivity contribution in [2.75, 3.05) is 0 Å². The molecule has 6 heteroatoms. The Morgan fingerprint density at radius 3 is 2.80 bits per heavy atom. The monoisotopic (exact) mass is 208 g/mol. The molecule has 0 aliphatic carbocycles. The van der Waals surface area contributed by atoms with Gasteiger partial charge in [0, 0.05) is 13.2 Å². The third-order valence-electron chi connectivity index (χ3n) is 2.09. The molecule has 0 radical (unpaired) electrons. The Hall–Kier alpha value is -1.98. The summed E-state index contributed by atoms with van der Waals surface area (Å²) in [5.74, 6) is -0.528. The highest BCUT2D eigenvalue weighted by molar-refractivity contribution is 5.48. The quantitative estimate of drug-likeness (QED) is 0.747. The lowest BCUT2D eigenvalue weighted by molar-refractivity contribution is 0.588. The first kappa shape index (κ1) is 9.57. The van der Waals surface area contributed by atoms with Crippen molar-refractivity contribution in [2.24, 2.45) is 7.05 Å². The summed E-state index contributed by atoms with van der Waals surface area (Å²) in [4.78, 5) is 17.5. The van der Waals surface area contributed by atoms with Gasteiger partial charge in [-0.15, -0.1) is 0 Å². The molecule has 0 atom stereocenters. The average Bonchev–Trinajstić information content (AvgIpc) is 2.60. The highest BCUT2D eigenvalue weighted by Crippen LogP contribution is 2.11. The van der Waals surface area contributed by atoms with E-state index in [4.69, 9.17) is 0 Å². The van der Waals surface area contributed by atoms with E-state index in [0.29, 0.717) is 11.5 Å². The molecule has 2 aromatic rings. The van der Waals surface area contributed by atoms with Crippen molar-refractivity contribution in [3.63, 3.8) is 0 Å². The van der Waals surface area contributed by atoms with Crippen LogP contribution < -0.4 is 5.56 Å². The number of rotatable bonds is 1. The maximum Gasteiger partial charge on any atom is 0.287 e. The minimum atomic E-state index is -0.846. The second kappa shape index (κ2) is 3.30. The smallest absolute Gasteiger partial charge is 0.287 e. The van der Waals surface area contributed by atoms with Gasteiger partial charge < -0.3 is 4.98 Å². The van der Waals surface area contributed by atoms with Crippen LogP contribution in [0.2, 0.25) is 0 Å². The number of nitrogens with one attached hydrogen (secondary N) is 1. The molecule has 0 bridgehead atoms. The zero-order valence-corrected chi connectivity index (χ0v) is 8.28. The van der Waals surface area contributed by atoms with Gasteiger partial charge in [0.15, 0.2) is 5.82 Å². The maximum atomic E-state index is 13.0. The van der Waals surface area contributed by atoms with Crippen molar-refractivity contribution in [2.45, 2.75) is 6.92 Å². The molecule has 15 heavy (non-hydrogen) atoms. The molecule has 0 saturated carbocycles. The van der Waals surface area contributed by atoms with Crippen LogP contribution in [0.4, 0.5) is 4.39 Å². The molecule has 0 aliphatic rings. The molecule has 0 aliphatic heterocycles. The predicted molar refractivity (Wildman–Crippen MR) is 51.8 cm³/mol. The van der Waals surface area contributed by atoms with Gasteiger partial charge in [-0.3, -0.25) is 9.48 Å². The van der Waals surface area contributed by atoms with Crippen LogP contribution in [0.1, 0.15) is 5.69 Å². The second-order valence-corrected chi connectivity index (χ2v) is 3.15. The lowest BCUT2D eigenvalue weighted by Gasteiger charge is -2.02. The van der Waals surface area contributed by atoms with E-state index >= 15 is 0 Å². The Balaban J connectivity index is 2.66. The minimum Gasteiger partial charge on any atom is -0.303 e. The molecule has 0 spiro atoms. The van der Waals surface area contributed by atoms with Gasteiger partial charge in [-0.05, 0) is 13.0 Å². The number of aromatic nitrogens is 4. The number of H-pyrrole nitrogens is 1. The zero-order valence-electron chi connectivity index (χ0n) is 8.28. The zero-order chi connectivity index (χ0) is 11.0. The van der Waals surface area contributed by atoms with Crippen LogP contribution in [-0.2, 0) is 7.05 Å². The summed E-state index contributed by atoms with van der Waals surface area (Å²) >= 11 is 0. The van der Waals surface area contributed by atoms with E-state index in [0.717, 1.165) is 0 Å². The summed E-state index contributed by atoms with van der Waals surface area (Å²) in [5, 5.41) is 3.94. The molecule has 0 aromatic carbocycles. The van der Waals surface area contributed by atoms with Gasteiger partial charge in [-0.1, -0.05) is 0 Å². The van der Waals surface area contributed by atoms with Crippen LogP contribution in [0, 0.1) is 12.7 Å². The molecule has 2 aromatic heterocycles. The van der Waals surface area contributed by atoms with E-state index in [9.17, 15) is 9.18 Å². The number of nitrogens with zero attached hydrogens (tertiary/aromatic N) is 3. The van der Waals surface area contributed by atoms with Crippen molar-refractivity contribution in [1.29, 1.82) is 0 Å². The van der Waals surface area contributed by atoms with Gasteiger partial charge in [0.2, 0.25) is 5.82 Å². The summed E-state index contributed by atoms with van der Waals surface area (Å²) < 4.78 is 14.6. The molecule has 0 fully saturated rings. The fraction of sp³-hybridized carbons (Fsp3) is 0.222. The Kier molecular flexibility index (Phi) is 2.11. The highest BCUT2D eigenvalue weighted by atomic mass is 19.1. The molecule has 0 unspecified atom stereocenters.